The second kappa shape index (κ2) is 17.9. The van der Waals surface area contributed by atoms with Gasteiger partial charge in [0.05, 0.1) is 34.9 Å². The molecular weight excluding hydrogens is 775 g/mol. The van der Waals surface area contributed by atoms with Crippen LogP contribution in [0.3, 0.4) is 0 Å². The van der Waals surface area contributed by atoms with Crippen LogP contribution < -0.4 is 0 Å². The molecule has 63 heavy (non-hydrogen) atoms. The molecule has 0 aliphatic heterocycles. The highest BCUT2D eigenvalue weighted by molar-refractivity contribution is 6.37. The van der Waals surface area contributed by atoms with Crippen molar-refractivity contribution in [3.63, 3.8) is 0 Å². The van der Waals surface area contributed by atoms with E-state index in [0.29, 0.717) is 0 Å². The van der Waals surface area contributed by atoms with Crippen molar-refractivity contribution >= 4 is 86.6 Å². The van der Waals surface area contributed by atoms with E-state index in [0.717, 1.165) is 49.4 Å². The molecule has 6 heteroatoms. The fourth-order valence-electron chi connectivity index (χ4n) is 8.35. The monoisotopic (exact) mass is 821 g/mol. The van der Waals surface area contributed by atoms with Gasteiger partial charge in [-0.05, 0) is 134 Å². The van der Waals surface area contributed by atoms with Gasteiger partial charge < -0.3 is 15.3 Å². The van der Waals surface area contributed by atoms with Crippen molar-refractivity contribution < 1.29 is 15.3 Å². The number of aliphatic hydroxyl groups excluding tert-OH is 3. The highest BCUT2D eigenvalue weighted by Crippen LogP contribution is 2.43. The number of aromatic nitrogens is 3. The molecule has 12 aromatic rings. The molecule has 0 saturated heterocycles. The minimum Gasteiger partial charge on any atom is -0.389 e. The summed E-state index contributed by atoms with van der Waals surface area (Å²) in [7, 11) is 0. The summed E-state index contributed by atoms with van der Waals surface area (Å²) < 4.78 is 0. The predicted molar refractivity (Wildman–Crippen MR) is 262 cm³/mol. The van der Waals surface area contributed by atoms with Gasteiger partial charge in [0, 0.05) is 34.7 Å². The van der Waals surface area contributed by atoms with Crippen LogP contribution in [-0.4, -0.2) is 30.3 Å². The number of pyridine rings is 3. The van der Waals surface area contributed by atoms with Crippen molar-refractivity contribution in [2.75, 3.05) is 0 Å². The lowest BCUT2D eigenvalue weighted by molar-refractivity contribution is 0.198. The third-order valence-electron chi connectivity index (χ3n) is 11.6. The van der Waals surface area contributed by atoms with Gasteiger partial charge in [-0.25, -0.2) is 0 Å². The van der Waals surface area contributed by atoms with Gasteiger partial charge in [0.15, 0.2) is 0 Å². The molecule has 12 rings (SSSR count). The van der Waals surface area contributed by atoms with Gasteiger partial charge in [-0.3, -0.25) is 15.0 Å². The standard InChI is InChI=1S/C24H14.3C11H11NO/c1-2-10-18-16(6-1)14-17-9-5-12-20-19-11-3-7-15-8-4-13-21(22(15)19)24(18)23(17)20;3*1-8(13)10-6-9-4-2-3-5-11(9)12-7-10/h1-14H;3*2-8,13H,1H3. The van der Waals surface area contributed by atoms with Crippen molar-refractivity contribution in [3.8, 4) is 0 Å². The number of para-hydroxylation sites is 3. The Hall–Kier alpha value is -7.35. The summed E-state index contributed by atoms with van der Waals surface area (Å²) in [6.07, 6.45) is 3.80. The second-order valence-corrected chi connectivity index (χ2v) is 16.0. The molecule has 0 bridgehead atoms. The van der Waals surface area contributed by atoms with Crippen LogP contribution >= 0.6 is 0 Å². The summed E-state index contributed by atoms with van der Waals surface area (Å²) in [6, 6.07) is 60.6. The maximum absolute atomic E-state index is 9.34. The van der Waals surface area contributed by atoms with Gasteiger partial charge in [-0.2, -0.15) is 0 Å². The van der Waals surface area contributed by atoms with Crippen molar-refractivity contribution in [3.05, 3.63) is 211 Å². The average Bonchev–Trinajstić information content (AvgIpc) is 3.32. The van der Waals surface area contributed by atoms with Crippen LogP contribution in [0.2, 0.25) is 0 Å². The number of hydrogen-bond acceptors (Lipinski definition) is 6. The molecule has 3 unspecified atom stereocenters. The minimum atomic E-state index is -0.447. The molecule has 3 heterocycles. The van der Waals surface area contributed by atoms with Gasteiger partial charge in [-0.1, -0.05) is 133 Å². The molecule has 0 radical (unpaired) electrons. The maximum Gasteiger partial charge on any atom is 0.0777 e. The molecule has 0 aliphatic carbocycles. The van der Waals surface area contributed by atoms with Crippen LogP contribution in [0.4, 0.5) is 0 Å². The average molecular weight is 822 g/mol. The van der Waals surface area contributed by atoms with Crippen LogP contribution in [0.5, 0.6) is 0 Å². The second-order valence-electron chi connectivity index (χ2n) is 16.0. The number of fused-ring (bicyclic) bond motifs is 7. The van der Waals surface area contributed by atoms with E-state index in [1.807, 2.05) is 91.0 Å². The van der Waals surface area contributed by atoms with Gasteiger partial charge in [-0.15, -0.1) is 0 Å². The van der Waals surface area contributed by atoms with E-state index in [-0.39, 0.29) is 0 Å². The Morgan fingerprint density at radius 3 is 1.11 bits per heavy atom. The van der Waals surface area contributed by atoms with E-state index in [9.17, 15) is 15.3 Å². The molecule has 0 aliphatic rings. The molecule has 6 nitrogen and oxygen atoms in total. The molecule has 3 atom stereocenters. The maximum atomic E-state index is 9.34. The van der Waals surface area contributed by atoms with E-state index < -0.39 is 18.3 Å². The van der Waals surface area contributed by atoms with E-state index in [2.05, 4.69) is 99.9 Å². The van der Waals surface area contributed by atoms with Gasteiger partial charge >= 0.3 is 0 Å². The molecule has 308 valence electrons. The van der Waals surface area contributed by atoms with Crippen LogP contribution in [-0.2, 0) is 0 Å². The number of benzene rings is 9. The van der Waals surface area contributed by atoms with Crippen molar-refractivity contribution in [1.29, 1.82) is 0 Å². The normalized spacial score (nSPS) is 12.7. The quantitative estimate of drug-likeness (QED) is 0.121. The number of rotatable bonds is 3. The fraction of sp³-hybridized carbons (Fsp3) is 0.105. The first-order chi connectivity index (χ1) is 30.7. The smallest absolute Gasteiger partial charge is 0.0777 e. The van der Waals surface area contributed by atoms with E-state index in [4.69, 9.17) is 0 Å². The lowest BCUT2D eigenvalue weighted by atomic mass is 9.87. The van der Waals surface area contributed by atoms with Gasteiger partial charge in [0.25, 0.3) is 0 Å². The van der Waals surface area contributed by atoms with Crippen LogP contribution in [0.15, 0.2) is 195 Å². The SMILES string of the molecule is CC(O)c1cnc2ccccc2c1.CC(O)c1cnc2ccccc2c1.CC(O)c1cnc2ccccc2c1.c1ccc2c(c1)cc1cccc3c4cccc5cccc(c54)c2c13. The van der Waals surface area contributed by atoms with Crippen molar-refractivity contribution in [1.82, 2.24) is 15.0 Å². The van der Waals surface area contributed by atoms with Crippen LogP contribution in [0.1, 0.15) is 55.8 Å². The summed E-state index contributed by atoms with van der Waals surface area (Å²) in [5.41, 5.74) is 5.47. The molecule has 0 amide bonds. The van der Waals surface area contributed by atoms with Crippen molar-refractivity contribution in [2.45, 2.75) is 39.1 Å². The Bertz CT molecular complexity index is 3320. The van der Waals surface area contributed by atoms with E-state index in [1.54, 1.807) is 39.4 Å². The number of aliphatic hydroxyl groups is 3. The third-order valence-corrected chi connectivity index (χ3v) is 11.6. The Kier molecular flexibility index (Phi) is 11.7. The molecule has 3 aromatic heterocycles. The molecular formula is C57H47N3O3. The lowest BCUT2D eigenvalue weighted by Gasteiger charge is -2.16. The Morgan fingerprint density at radius 2 is 0.651 bits per heavy atom. The summed E-state index contributed by atoms with van der Waals surface area (Å²) in [4.78, 5) is 12.7. The lowest BCUT2D eigenvalue weighted by Crippen LogP contribution is -1.91. The molecule has 0 spiro atoms. The first-order valence-electron chi connectivity index (χ1n) is 21.3. The molecule has 0 saturated carbocycles. The highest BCUT2D eigenvalue weighted by Gasteiger charge is 2.15. The van der Waals surface area contributed by atoms with Crippen LogP contribution in [0.25, 0.3) is 86.6 Å². The zero-order valence-electron chi connectivity index (χ0n) is 35.4. The fourth-order valence-corrected chi connectivity index (χ4v) is 8.35. The van der Waals surface area contributed by atoms with Gasteiger partial charge in [0.1, 0.15) is 0 Å². The van der Waals surface area contributed by atoms with E-state index in [1.165, 1.54) is 53.9 Å². The summed E-state index contributed by atoms with van der Waals surface area (Å²) in [5.74, 6) is 0. The molecule has 3 N–H and O–H groups in total. The largest absolute Gasteiger partial charge is 0.389 e. The number of hydrogen-bond donors (Lipinski definition) is 3. The third kappa shape index (κ3) is 8.48. The van der Waals surface area contributed by atoms with Crippen molar-refractivity contribution in [2.24, 2.45) is 0 Å². The number of nitrogens with zero attached hydrogens (tertiary/aromatic N) is 3. The highest BCUT2D eigenvalue weighted by atomic mass is 16.3. The summed E-state index contributed by atoms with van der Waals surface area (Å²) in [6.45, 7) is 5.23. The predicted octanol–water partition coefficient (Wildman–Crippen LogP) is 13.8. The van der Waals surface area contributed by atoms with Gasteiger partial charge in [0.2, 0.25) is 0 Å². The topological polar surface area (TPSA) is 99.4 Å². The molecule has 9 aromatic carbocycles. The molecule has 0 fully saturated rings. The summed E-state index contributed by atoms with van der Waals surface area (Å²) in [5, 5.41) is 44.8. The van der Waals surface area contributed by atoms with Crippen LogP contribution in [0, 0.1) is 0 Å². The Balaban J connectivity index is 0.000000112. The Morgan fingerprint density at radius 1 is 0.302 bits per heavy atom. The zero-order chi connectivity index (χ0) is 43.5. The summed E-state index contributed by atoms with van der Waals surface area (Å²) >= 11 is 0. The minimum absolute atomic E-state index is 0.447. The first kappa shape index (κ1) is 41.0. The zero-order valence-corrected chi connectivity index (χ0v) is 35.4. The first-order valence-corrected chi connectivity index (χ1v) is 21.3. The van der Waals surface area contributed by atoms with E-state index >= 15 is 0 Å². The Labute approximate surface area is 365 Å².